The van der Waals surface area contributed by atoms with Crippen LogP contribution in [0.5, 0.6) is 0 Å². The highest BCUT2D eigenvalue weighted by Gasteiger charge is 2.13. The van der Waals surface area contributed by atoms with Crippen molar-refractivity contribution in [3.05, 3.63) is 24.7 Å². The van der Waals surface area contributed by atoms with Crippen LogP contribution in [0.3, 0.4) is 0 Å². The van der Waals surface area contributed by atoms with Gasteiger partial charge in [-0.1, -0.05) is 13.5 Å². The lowest BCUT2D eigenvalue weighted by Crippen LogP contribution is -2.12. The molecule has 0 aromatic rings. The Morgan fingerprint density at radius 3 is 2.69 bits per heavy atom. The van der Waals surface area contributed by atoms with Gasteiger partial charge in [0, 0.05) is 1.43 Å². The molecule has 0 aliphatic carbocycles. The molecule has 0 saturated carbocycles. The fourth-order valence-corrected chi connectivity index (χ4v) is 0.994. The lowest BCUT2D eigenvalue weighted by atomic mass is 10.1. The highest BCUT2D eigenvalue weighted by atomic mass is 19.1. The van der Waals surface area contributed by atoms with Gasteiger partial charge in [0.2, 0.25) is 5.83 Å². The Bertz CT molecular complexity index is 302. The highest BCUT2D eigenvalue weighted by molar-refractivity contribution is 5.86. The predicted molar refractivity (Wildman–Crippen MR) is 58.0 cm³/mol. The lowest BCUT2D eigenvalue weighted by molar-refractivity contribution is -0.145. The highest BCUT2D eigenvalue weighted by Crippen LogP contribution is 2.10. The van der Waals surface area contributed by atoms with E-state index < -0.39 is 11.8 Å². The second-order valence-corrected chi connectivity index (χ2v) is 3.13. The van der Waals surface area contributed by atoms with Gasteiger partial charge in [-0.25, -0.2) is 4.79 Å². The Labute approximate surface area is 95.2 Å². The molecule has 0 N–H and O–H groups in total. The maximum atomic E-state index is 12.9. The molecule has 5 heteroatoms. The van der Waals surface area contributed by atoms with E-state index in [0.717, 1.165) is 12.3 Å². The van der Waals surface area contributed by atoms with Crippen LogP contribution in [-0.2, 0) is 19.1 Å². The number of carbonyl (C=O) groups excluding carboxylic acids is 2. The third kappa shape index (κ3) is 5.29. The zero-order valence-corrected chi connectivity index (χ0v) is 9.36. The van der Waals surface area contributed by atoms with Crippen molar-refractivity contribution in [2.24, 2.45) is 5.92 Å². The van der Waals surface area contributed by atoms with Crippen molar-refractivity contribution in [1.29, 1.82) is 0 Å². The van der Waals surface area contributed by atoms with Crippen LogP contribution in [0.2, 0.25) is 0 Å². The second kappa shape index (κ2) is 7.62. The summed E-state index contributed by atoms with van der Waals surface area (Å²) in [5, 5.41) is 0. The molecule has 0 heterocycles. The molecule has 0 aromatic carbocycles. The maximum absolute atomic E-state index is 12.9. The van der Waals surface area contributed by atoms with Gasteiger partial charge < -0.3 is 9.47 Å². The van der Waals surface area contributed by atoms with E-state index in [2.05, 4.69) is 16.1 Å². The summed E-state index contributed by atoms with van der Waals surface area (Å²) >= 11 is 0. The number of methoxy groups -OCH3 is 1. The number of carbonyl (C=O) groups is 2. The average molecular weight is 232 g/mol. The number of ether oxygens (including phenoxy) is 2. The number of esters is 2. The average Bonchev–Trinajstić information content (AvgIpc) is 2.27. The predicted octanol–water partition coefficient (Wildman–Crippen LogP) is 2.36. The van der Waals surface area contributed by atoms with Gasteiger partial charge in [0.05, 0.1) is 19.3 Å². The van der Waals surface area contributed by atoms with Crippen molar-refractivity contribution in [3.63, 3.8) is 0 Å². The van der Waals surface area contributed by atoms with E-state index >= 15 is 0 Å². The van der Waals surface area contributed by atoms with Crippen LogP contribution in [0, 0.1) is 5.92 Å². The van der Waals surface area contributed by atoms with Gasteiger partial charge in [-0.3, -0.25) is 4.79 Å². The summed E-state index contributed by atoms with van der Waals surface area (Å²) in [6, 6.07) is 0. The number of halogens is 1. The Kier molecular flexibility index (Phi) is 6.83. The molecule has 0 rings (SSSR count). The Morgan fingerprint density at radius 2 is 2.19 bits per heavy atom. The van der Waals surface area contributed by atoms with Gasteiger partial charge in [0.1, 0.15) is 0 Å². The summed E-state index contributed by atoms with van der Waals surface area (Å²) in [6.45, 7) is 4.79. The van der Waals surface area contributed by atoms with E-state index in [1.54, 1.807) is 6.92 Å². The Hall–Kier alpha value is -1.65. The van der Waals surface area contributed by atoms with Gasteiger partial charge >= 0.3 is 11.9 Å². The zero-order valence-electron chi connectivity index (χ0n) is 9.36. The third-order valence-electron chi connectivity index (χ3n) is 1.91. The number of hydrogen-bond acceptors (Lipinski definition) is 4. The monoisotopic (exact) mass is 232 g/mol. The maximum Gasteiger partial charge on any atom is 0.371 e. The van der Waals surface area contributed by atoms with Crippen molar-refractivity contribution in [2.75, 3.05) is 7.11 Å². The van der Waals surface area contributed by atoms with Crippen LogP contribution in [0.4, 0.5) is 4.39 Å². The van der Waals surface area contributed by atoms with Gasteiger partial charge in [0.15, 0.2) is 0 Å². The molecule has 4 nitrogen and oxygen atoms in total. The first kappa shape index (κ1) is 14.3. The number of rotatable bonds is 6. The molecule has 0 spiro atoms. The molecule has 0 aliphatic rings. The molecule has 0 saturated heterocycles. The van der Waals surface area contributed by atoms with Crippen LogP contribution in [0.15, 0.2) is 24.7 Å². The minimum atomic E-state index is -1.08. The Balaban J connectivity index is 0. The Morgan fingerprint density at radius 1 is 1.56 bits per heavy atom. The molecule has 0 unspecified atom stereocenters. The van der Waals surface area contributed by atoms with Crippen molar-refractivity contribution in [2.45, 2.75) is 19.8 Å². The third-order valence-corrected chi connectivity index (χ3v) is 1.91. The topological polar surface area (TPSA) is 52.6 Å². The van der Waals surface area contributed by atoms with Crippen molar-refractivity contribution in [3.8, 4) is 0 Å². The van der Waals surface area contributed by atoms with Crippen molar-refractivity contribution in [1.82, 2.24) is 0 Å². The first-order valence-corrected chi connectivity index (χ1v) is 4.78. The summed E-state index contributed by atoms with van der Waals surface area (Å²) in [7, 11) is 1.29. The van der Waals surface area contributed by atoms with Crippen LogP contribution >= 0.6 is 0 Å². The van der Waals surface area contributed by atoms with Crippen LogP contribution < -0.4 is 0 Å². The largest absolute Gasteiger partial charge is 0.469 e. The standard InChI is InChI=1S/C11H15FO4.H2/c1-4-16-11(14)9(12)7-5-6-8(2)10(13)15-3;/h4,7-8H,1,5-6H2,2-3H3;1H/t8-;/m0./s1. The van der Waals surface area contributed by atoms with Crippen LogP contribution in [0.25, 0.3) is 0 Å². The van der Waals surface area contributed by atoms with Crippen molar-refractivity contribution >= 4 is 11.9 Å². The van der Waals surface area contributed by atoms with E-state index in [4.69, 9.17) is 0 Å². The number of hydrogen-bond donors (Lipinski definition) is 0. The van der Waals surface area contributed by atoms with E-state index in [0.29, 0.717) is 6.42 Å². The molecule has 0 fully saturated rings. The summed E-state index contributed by atoms with van der Waals surface area (Å²) in [5.74, 6) is -2.76. The second-order valence-electron chi connectivity index (χ2n) is 3.13. The fourth-order valence-electron chi connectivity index (χ4n) is 0.994. The summed E-state index contributed by atoms with van der Waals surface area (Å²) in [6.07, 6.45) is 2.59. The molecular formula is C11H17FO4. The lowest BCUT2D eigenvalue weighted by Gasteiger charge is -2.06. The van der Waals surface area contributed by atoms with Gasteiger partial charge in [-0.05, 0) is 18.9 Å². The fraction of sp³-hybridized carbons (Fsp3) is 0.455. The van der Waals surface area contributed by atoms with E-state index in [9.17, 15) is 14.0 Å². The molecule has 0 bridgehead atoms. The van der Waals surface area contributed by atoms with Gasteiger partial charge in [-0.2, -0.15) is 4.39 Å². The molecule has 16 heavy (non-hydrogen) atoms. The van der Waals surface area contributed by atoms with Crippen LogP contribution in [-0.4, -0.2) is 19.0 Å². The van der Waals surface area contributed by atoms with Crippen molar-refractivity contribution < 1.29 is 24.9 Å². The summed E-state index contributed by atoms with van der Waals surface area (Å²) in [4.78, 5) is 21.8. The summed E-state index contributed by atoms with van der Waals surface area (Å²) in [5.41, 5.74) is 0. The first-order valence-electron chi connectivity index (χ1n) is 4.78. The van der Waals surface area contributed by atoms with Crippen LogP contribution in [0.1, 0.15) is 21.2 Å². The van der Waals surface area contributed by atoms with E-state index in [-0.39, 0.29) is 19.7 Å². The van der Waals surface area contributed by atoms with E-state index in [1.807, 2.05) is 0 Å². The number of allylic oxidation sites excluding steroid dienone is 1. The quantitative estimate of drug-likeness (QED) is 0.401. The normalized spacial score (nSPS) is 12.8. The smallest absolute Gasteiger partial charge is 0.371 e. The molecule has 0 aliphatic heterocycles. The molecule has 92 valence electrons. The molecule has 0 radical (unpaired) electrons. The molecule has 0 aromatic heterocycles. The minimum Gasteiger partial charge on any atom is -0.469 e. The SMILES string of the molecule is C=COC(=O)C(F)=CCC[C@H](C)C(=O)OC.[HH]. The molecule has 1 atom stereocenters. The first-order chi connectivity index (χ1) is 7.52. The molecule has 0 amide bonds. The van der Waals surface area contributed by atoms with Gasteiger partial charge in [-0.15, -0.1) is 0 Å². The molecular weight excluding hydrogens is 215 g/mol. The van der Waals surface area contributed by atoms with E-state index in [1.165, 1.54) is 7.11 Å². The minimum absolute atomic E-state index is 0. The zero-order chi connectivity index (χ0) is 12.6. The van der Waals surface area contributed by atoms with Gasteiger partial charge in [0.25, 0.3) is 0 Å². The summed E-state index contributed by atoms with van der Waals surface area (Å²) < 4.78 is 21.7.